The zero-order chi connectivity index (χ0) is 37.5. The largest absolute Gasteiger partial charge is 0.480 e. The van der Waals surface area contributed by atoms with Crippen molar-refractivity contribution in [1.82, 2.24) is 29.6 Å². The van der Waals surface area contributed by atoms with Gasteiger partial charge in [-0.25, -0.2) is 14.4 Å². The van der Waals surface area contributed by atoms with Crippen LogP contribution in [-0.2, 0) is 42.2 Å². The second kappa shape index (κ2) is 14.7. The maximum absolute atomic E-state index is 13.8. The van der Waals surface area contributed by atoms with Crippen molar-refractivity contribution < 1.29 is 38.6 Å². The first kappa shape index (κ1) is 37.1. The standard InChI is InChI=1S/C37H50N6O9/c1-37(2,3)52-35(50)38-25-20-41(16-15-24-10-12-28(34(48)49)42(24)33(25)47)31(45)19-22-7-5-21(6-8-22)17-23-9-11-26-29(18-23)40(4)36(51)43(26)27-13-14-30(44)39-32(27)46/h9,11,18,21-22,24-25,27-28H,5-8,10,12-17,19-20H2,1-4H3,(H,38,50)(H,48,49)(H,39,44,46)/t21-,22+,24-,25+,27?,28+/m1/s1. The molecule has 282 valence electrons. The quantitative estimate of drug-likeness (QED) is 0.361. The molecule has 0 bridgehead atoms. The summed E-state index contributed by atoms with van der Waals surface area (Å²) in [5.41, 5.74) is 1.37. The molecule has 3 N–H and O–H groups in total. The molecule has 0 spiro atoms. The third-order valence-corrected chi connectivity index (χ3v) is 11.1. The van der Waals surface area contributed by atoms with Gasteiger partial charge in [0.2, 0.25) is 23.6 Å². The topological polar surface area (TPSA) is 189 Å². The van der Waals surface area contributed by atoms with Crippen molar-refractivity contribution in [1.29, 1.82) is 0 Å². The van der Waals surface area contributed by atoms with Crippen molar-refractivity contribution in [3.63, 3.8) is 0 Å². The van der Waals surface area contributed by atoms with E-state index in [1.165, 1.54) is 9.47 Å². The molecule has 1 aromatic heterocycles. The van der Waals surface area contributed by atoms with E-state index in [-0.39, 0.29) is 48.9 Å². The normalized spacial score (nSPS) is 27.1. The molecule has 5 amide bonds. The average molecular weight is 723 g/mol. The Labute approximate surface area is 302 Å². The SMILES string of the molecule is Cn1c(=O)n(C2CCC(=O)NC2=O)c2ccc(C[C@H]3CC[C@@H](CC(=O)N4CC[C@H]5CC[C@@H](C(=O)O)N5C(=O)[C@@H](NC(=O)OC(C)(C)C)C4)CC3)cc21. The molecule has 3 aliphatic heterocycles. The molecule has 4 heterocycles. The first-order valence-corrected chi connectivity index (χ1v) is 18.5. The van der Waals surface area contributed by atoms with Gasteiger partial charge < -0.3 is 25.0 Å². The van der Waals surface area contributed by atoms with Gasteiger partial charge in [-0.3, -0.25) is 33.6 Å². The highest BCUT2D eigenvalue weighted by Crippen LogP contribution is 2.35. The fourth-order valence-electron chi connectivity index (χ4n) is 8.52. The summed E-state index contributed by atoms with van der Waals surface area (Å²) < 4.78 is 8.43. The molecule has 1 aliphatic carbocycles. The van der Waals surface area contributed by atoms with E-state index in [0.29, 0.717) is 43.7 Å². The number of benzene rings is 1. The molecule has 4 fully saturated rings. The van der Waals surface area contributed by atoms with Crippen molar-refractivity contribution in [2.45, 2.75) is 121 Å². The number of imidazole rings is 1. The summed E-state index contributed by atoms with van der Waals surface area (Å²) in [7, 11) is 1.69. The van der Waals surface area contributed by atoms with Crippen LogP contribution in [0.1, 0.15) is 96.6 Å². The predicted octanol–water partition coefficient (Wildman–Crippen LogP) is 2.63. The number of nitrogens with zero attached hydrogens (tertiary/aromatic N) is 4. The molecule has 4 atom stereocenters. The Morgan fingerprint density at radius 3 is 2.33 bits per heavy atom. The summed E-state index contributed by atoms with van der Waals surface area (Å²) in [6.45, 7) is 5.42. The molecule has 1 unspecified atom stereocenters. The molecule has 0 radical (unpaired) electrons. The van der Waals surface area contributed by atoms with Crippen LogP contribution >= 0.6 is 0 Å². The monoisotopic (exact) mass is 722 g/mol. The number of alkyl carbamates (subject to hydrolysis) is 1. The Morgan fingerprint density at radius 1 is 0.942 bits per heavy atom. The number of carboxylic acid groups (broad SMARTS) is 1. The number of aliphatic carboxylic acids is 1. The van der Waals surface area contributed by atoms with Gasteiger partial charge >= 0.3 is 17.8 Å². The van der Waals surface area contributed by atoms with Crippen molar-refractivity contribution >= 4 is 46.7 Å². The molecule has 1 saturated carbocycles. The Kier molecular flexibility index (Phi) is 10.5. The summed E-state index contributed by atoms with van der Waals surface area (Å²) in [5, 5.41) is 14.8. The highest BCUT2D eigenvalue weighted by Gasteiger charge is 2.46. The third kappa shape index (κ3) is 7.87. The predicted molar refractivity (Wildman–Crippen MR) is 188 cm³/mol. The molecule has 15 nitrogen and oxygen atoms in total. The summed E-state index contributed by atoms with van der Waals surface area (Å²) in [6, 6.07) is 2.72. The zero-order valence-corrected chi connectivity index (χ0v) is 30.4. The second-order valence-electron chi connectivity index (χ2n) is 16.0. The van der Waals surface area contributed by atoms with Crippen LogP contribution in [0.15, 0.2) is 23.0 Å². The molecule has 52 heavy (non-hydrogen) atoms. The van der Waals surface area contributed by atoms with Crippen LogP contribution < -0.4 is 16.3 Å². The first-order chi connectivity index (χ1) is 24.6. The van der Waals surface area contributed by atoms with Gasteiger partial charge in [0.15, 0.2) is 0 Å². The lowest BCUT2D eigenvalue weighted by Gasteiger charge is -2.39. The Hall–Kier alpha value is -4.69. The minimum atomic E-state index is -1.13. The minimum absolute atomic E-state index is 0.0575. The fraction of sp³-hybridized carbons (Fsp3) is 0.649. The molecule has 15 heteroatoms. The Morgan fingerprint density at radius 2 is 1.65 bits per heavy atom. The number of carboxylic acids is 1. The highest BCUT2D eigenvalue weighted by atomic mass is 16.6. The van der Waals surface area contributed by atoms with Crippen LogP contribution in [0.25, 0.3) is 11.0 Å². The van der Waals surface area contributed by atoms with Gasteiger partial charge in [-0.15, -0.1) is 0 Å². The second-order valence-corrected chi connectivity index (χ2v) is 16.0. The zero-order valence-electron chi connectivity index (χ0n) is 30.4. The van der Waals surface area contributed by atoms with Crippen LogP contribution in [0.2, 0.25) is 0 Å². The molecule has 6 rings (SSSR count). The van der Waals surface area contributed by atoms with Crippen LogP contribution in [-0.4, -0.2) is 96.5 Å². The Balaban J connectivity index is 1.07. The van der Waals surface area contributed by atoms with E-state index in [0.717, 1.165) is 43.2 Å². The number of carbonyl (C=O) groups excluding carboxylic acids is 5. The van der Waals surface area contributed by atoms with E-state index in [1.807, 2.05) is 18.2 Å². The van der Waals surface area contributed by atoms with Crippen LogP contribution in [0.5, 0.6) is 0 Å². The molecule has 3 saturated heterocycles. The third-order valence-electron chi connectivity index (χ3n) is 11.1. The van der Waals surface area contributed by atoms with Gasteiger partial charge in [0, 0.05) is 32.5 Å². The van der Waals surface area contributed by atoms with Crippen LogP contribution in [0.4, 0.5) is 4.79 Å². The number of carbonyl (C=O) groups is 6. The number of imide groups is 1. The maximum Gasteiger partial charge on any atom is 0.408 e. The van der Waals surface area contributed by atoms with E-state index in [2.05, 4.69) is 10.6 Å². The van der Waals surface area contributed by atoms with Crippen LogP contribution in [0, 0.1) is 11.8 Å². The average Bonchev–Trinajstić information content (AvgIpc) is 3.60. The lowest BCUT2D eigenvalue weighted by Crippen LogP contribution is -2.60. The number of fused-ring (bicyclic) bond motifs is 2. The van der Waals surface area contributed by atoms with E-state index in [4.69, 9.17) is 4.74 Å². The van der Waals surface area contributed by atoms with E-state index < -0.39 is 47.6 Å². The maximum atomic E-state index is 13.8. The summed E-state index contributed by atoms with van der Waals surface area (Å²) in [6.07, 6.45) is 5.72. The number of piperidine rings is 1. The molecule has 2 aromatic rings. The van der Waals surface area contributed by atoms with Gasteiger partial charge in [0.25, 0.3) is 0 Å². The Bertz CT molecular complexity index is 1820. The number of amides is 5. The van der Waals surface area contributed by atoms with Crippen molar-refractivity contribution in [2.75, 3.05) is 13.1 Å². The molecular weight excluding hydrogens is 672 g/mol. The molecule has 4 aliphatic rings. The van der Waals surface area contributed by atoms with Gasteiger partial charge in [0.05, 0.1) is 17.6 Å². The highest BCUT2D eigenvalue weighted by molar-refractivity contribution is 6.00. The fourth-order valence-corrected chi connectivity index (χ4v) is 8.52. The van der Waals surface area contributed by atoms with Gasteiger partial charge in [0.1, 0.15) is 23.7 Å². The van der Waals surface area contributed by atoms with E-state index >= 15 is 0 Å². The van der Waals surface area contributed by atoms with Crippen molar-refractivity contribution in [3.8, 4) is 0 Å². The number of ether oxygens (including phenoxy) is 1. The van der Waals surface area contributed by atoms with Crippen molar-refractivity contribution in [3.05, 3.63) is 34.2 Å². The first-order valence-electron chi connectivity index (χ1n) is 18.5. The number of aromatic nitrogens is 2. The number of hydrogen-bond acceptors (Lipinski definition) is 8. The van der Waals surface area contributed by atoms with Crippen LogP contribution in [0.3, 0.4) is 0 Å². The van der Waals surface area contributed by atoms with Gasteiger partial charge in [-0.2, -0.15) is 0 Å². The smallest absolute Gasteiger partial charge is 0.408 e. The summed E-state index contributed by atoms with van der Waals surface area (Å²) >= 11 is 0. The lowest BCUT2D eigenvalue weighted by molar-refractivity contribution is -0.152. The van der Waals surface area contributed by atoms with Gasteiger partial charge in [-0.05, 0) is 108 Å². The van der Waals surface area contributed by atoms with E-state index in [9.17, 15) is 38.7 Å². The van der Waals surface area contributed by atoms with E-state index in [1.54, 1.807) is 37.3 Å². The minimum Gasteiger partial charge on any atom is -0.480 e. The number of nitrogens with one attached hydrogen (secondary N) is 2. The summed E-state index contributed by atoms with van der Waals surface area (Å²) in [4.78, 5) is 92.7. The number of rotatable bonds is 7. The molecular formula is C37H50N6O9. The number of aryl methyl sites for hydroxylation is 1. The van der Waals surface area contributed by atoms with Crippen molar-refractivity contribution in [2.24, 2.45) is 18.9 Å². The van der Waals surface area contributed by atoms with Gasteiger partial charge in [-0.1, -0.05) is 6.07 Å². The molecule has 1 aromatic carbocycles. The number of hydrogen-bond donors (Lipinski definition) is 3. The lowest BCUT2D eigenvalue weighted by atomic mass is 9.78. The summed E-state index contributed by atoms with van der Waals surface area (Å²) in [5.74, 6) is -1.89.